The van der Waals surface area contributed by atoms with E-state index >= 15 is 0 Å². The van der Waals surface area contributed by atoms with E-state index in [9.17, 15) is 14.4 Å². The molecule has 3 aromatic rings. The number of esters is 1. The summed E-state index contributed by atoms with van der Waals surface area (Å²) in [5.74, 6) is -0.612. The number of unbranched alkanes of at least 4 members (excludes halogenated alkanes) is 1. The fraction of sp³-hybridized carbons (Fsp3) is 0.310. The van der Waals surface area contributed by atoms with E-state index < -0.39 is 0 Å². The molecule has 1 saturated carbocycles. The Morgan fingerprint density at radius 3 is 2.61 bits per heavy atom. The molecule has 0 bridgehead atoms. The number of nitrogens with zero attached hydrogens (tertiary/aromatic N) is 3. The summed E-state index contributed by atoms with van der Waals surface area (Å²) in [4.78, 5) is 39.8. The Morgan fingerprint density at radius 2 is 1.95 bits per heavy atom. The molecule has 2 aromatic heterocycles. The standard InChI is InChI=1S/C29H31N5O4/c1-3-4-15-38-29(37)22-9-12-26(31-17-22)34(23-10-11-23)28(36)21-13-14-33-25(16-21)24(18-32-33)19-5-7-20(8-6-19)27(35)30-2/h5-9,12-14,16-18,23,26,31H,3-4,10-11,15H2,1-2H3,(H,30,35). The number of carbonyl (C=O) groups is 3. The molecule has 1 aliphatic heterocycles. The maximum absolute atomic E-state index is 13.7. The number of hydrogen-bond acceptors (Lipinski definition) is 6. The molecule has 5 rings (SSSR count). The second-order valence-electron chi connectivity index (χ2n) is 9.46. The van der Waals surface area contributed by atoms with Gasteiger partial charge in [-0.2, -0.15) is 5.10 Å². The van der Waals surface area contributed by atoms with Gasteiger partial charge in [-0.15, -0.1) is 0 Å². The van der Waals surface area contributed by atoms with Gasteiger partial charge < -0.3 is 20.3 Å². The quantitative estimate of drug-likeness (QED) is 0.334. The highest BCUT2D eigenvalue weighted by molar-refractivity contribution is 5.98. The van der Waals surface area contributed by atoms with Crippen molar-refractivity contribution in [2.24, 2.45) is 0 Å². The molecular weight excluding hydrogens is 482 g/mol. The lowest BCUT2D eigenvalue weighted by Crippen LogP contribution is -2.48. The van der Waals surface area contributed by atoms with Gasteiger partial charge in [0.25, 0.3) is 11.8 Å². The van der Waals surface area contributed by atoms with E-state index in [0.29, 0.717) is 23.3 Å². The van der Waals surface area contributed by atoms with Crippen LogP contribution in [0.2, 0.25) is 0 Å². The molecule has 1 aliphatic carbocycles. The number of rotatable bonds is 9. The molecule has 196 valence electrons. The number of carbonyl (C=O) groups excluding carboxylic acids is 3. The smallest absolute Gasteiger partial charge is 0.339 e. The van der Waals surface area contributed by atoms with Crippen molar-refractivity contribution in [3.8, 4) is 11.1 Å². The zero-order chi connectivity index (χ0) is 26.6. The van der Waals surface area contributed by atoms with E-state index in [-0.39, 0.29) is 30.0 Å². The Hall–Kier alpha value is -4.40. The van der Waals surface area contributed by atoms with Crippen LogP contribution in [0.5, 0.6) is 0 Å². The zero-order valence-corrected chi connectivity index (χ0v) is 21.5. The van der Waals surface area contributed by atoms with Crippen LogP contribution in [0, 0.1) is 0 Å². The number of ether oxygens (including phenoxy) is 1. The topological polar surface area (TPSA) is 105 Å². The Morgan fingerprint density at radius 1 is 1.16 bits per heavy atom. The molecule has 1 aromatic carbocycles. The van der Waals surface area contributed by atoms with Gasteiger partial charge in [0.2, 0.25) is 0 Å². The van der Waals surface area contributed by atoms with Gasteiger partial charge in [0, 0.05) is 42.2 Å². The Kier molecular flexibility index (Phi) is 7.26. The number of hydrogen-bond donors (Lipinski definition) is 2. The highest BCUT2D eigenvalue weighted by atomic mass is 16.5. The summed E-state index contributed by atoms with van der Waals surface area (Å²) in [5.41, 5.74) is 4.12. The minimum atomic E-state index is -0.369. The van der Waals surface area contributed by atoms with Gasteiger partial charge in [0.05, 0.1) is 23.9 Å². The van der Waals surface area contributed by atoms with Crippen molar-refractivity contribution in [3.63, 3.8) is 0 Å². The first-order chi connectivity index (χ1) is 18.5. The average molecular weight is 514 g/mol. The predicted octanol–water partition coefficient (Wildman–Crippen LogP) is 3.68. The van der Waals surface area contributed by atoms with E-state index in [1.807, 2.05) is 36.1 Å². The molecule has 1 unspecified atom stereocenters. The average Bonchev–Trinajstić information content (AvgIpc) is 3.70. The number of dihydropyridines is 1. The van der Waals surface area contributed by atoms with Crippen molar-refractivity contribution in [1.29, 1.82) is 0 Å². The number of fused-ring (bicyclic) bond motifs is 1. The minimum absolute atomic E-state index is 0.0957. The van der Waals surface area contributed by atoms with E-state index in [2.05, 4.69) is 15.7 Å². The first-order valence-corrected chi connectivity index (χ1v) is 12.9. The molecular formula is C29H31N5O4. The maximum atomic E-state index is 13.7. The lowest BCUT2D eigenvalue weighted by molar-refractivity contribution is -0.138. The van der Waals surface area contributed by atoms with Crippen LogP contribution in [0.25, 0.3) is 16.6 Å². The first kappa shape index (κ1) is 25.3. The minimum Gasteiger partial charge on any atom is -0.462 e. The summed E-state index contributed by atoms with van der Waals surface area (Å²) < 4.78 is 7.03. The SMILES string of the molecule is CCCCOC(=O)C1=CNC(N(C(=O)c2ccn3ncc(-c4ccc(C(=O)NC)cc4)c3c2)C2CC2)C=C1. The van der Waals surface area contributed by atoms with Gasteiger partial charge >= 0.3 is 5.97 Å². The first-order valence-electron chi connectivity index (χ1n) is 12.9. The Bertz CT molecular complexity index is 1420. The van der Waals surface area contributed by atoms with Gasteiger partial charge in [0.15, 0.2) is 0 Å². The maximum Gasteiger partial charge on any atom is 0.339 e. The van der Waals surface area contributed by atoms with Crippen LogP contribution in [0.4, 0.5) is 0 Å². The summed E-state index contributed by atoms with van der Waals surface area (Å²) >= 11 is 0. The molecule has 0 spiro atoms. The Labute approximate surface area is 221 Å². The van der Waals surface area contributed by atoms with Crippen LogP contribution in [0.1, 0.15) is 53.3 Å². The highest BCUT2D eigenvalue weighted by Gasteiger charge is 2.37. The van der Waals surface area contributed by atoms with E-state index in [1.54, 1.807) is 54.4 Å². The molecule has 1 atom stereocenters. The van der Waals surface area contributed by atoms with Gasteiger partial charge in [-0.1, -0.05) is 25.5 Å². The molecule has 0 saturated heterocycles. The fourth-order valence-corrected chi connectivity index (χ4v) is 4.47. The van der Waals surface area contributed by atoms with Crippen LogP contribution >= 0.6 is 0 Å². The van der Waals surface area contributed by atoms with Crippen molar-refractivity contribution in [3.05, 3.63) is 83.8 Å². The number of aromatic nitrogens is 2. The molecule has 38 heavy (non-hydrogen) atoms. The van der Waals surface area contributed by atoms with Gasteiger partial charge in [-0.05, 0) is 61.2 Å². The largest absolute Gasteiger partial charge is 0.462 e. The van der Waals surface area contributed by atoms with Crippen molar-refractivity contribution in [2.45, 2.75) is 44.8 Å². The number of pyridine rings is 1. The molecule has 9 nitrogen and oxygen atoms in total. The van der Waals surface area contributed by atoms with Crippen molar-refractivity contribution in [1.82, 2.24) is 25.1 Å². The molecule has 2 amide bonds. The number of amides is 2. The van der Waals surface area contributed by atoms with Crippen molar-refractivity contribution >= 4 is 23.3 Å². The second-order valence-corrected chi connectivity index (χ2v) is 9.46. The summed E-state index contributed by atoms with van der Waals surface area (Å²) in [6, 6.07) is 11.0. The van der Waals surface area contributed by atoms with Gasteiger partial charge in [0.1, 0.15) is 6.17 Å². The van der Waals surface area contributed by atoms with E-state index in [1.165, 1.54) is 0 Å². The summed E-state index contributed by atoms with van der Waals surface area (Å²) in [6.07, 6.45) is 12.0. The number of benzene rings is 1. The van der Waals surface area contributed by atoms with E-state index in [4.69, 9.17) is 4.74 Å². The normalized spacial score (nSPS) is 16.5. The lowest BCUT2D eigenvalue weighted by atomic mass is 10.0. The van der Waals surface area contributed by atoms with Gasteiger partial charge in [-0.3, -0.25) is 9.59 Å². The monoisotopic (exact) mass is 513 g/mol. The summed E-state index contributed by atoms with van der Waals surface area (Å²) in [7, 11) is 1.60. The molecule has 2 aliphatic rings. The molecule has 2 N–H and O–H groups in total. The lowest BCUT2D eigenvalue weighted by Gasteiger charge is -2.32. The van der Waals surface area contributed by atoms with Crippen LogP contribution in [-0.4, -0.2) is 58.2 Å². The third-order valence-corrected chi connectivity index (χ3v) is 6.76. The van der Waals surface area contributed by atoms with Crippen molar-refractivity contribution in [2.75, 3.05) is 13.7 Å². The third-order valence-electron chi connectivity index (χ3n) is 6.76. The van der Waals surface area contributed by atoms with Crippen molar-refractivity contribution < 1.29 is 19.1 Å². The fourth-order valence-electron chi connectivity index (χ4n) is 4.47. The summed E-state index contributed by atoms with van der Waals surface area (Å²) in [6.45, 7) is 2.44. The second kappa shape index (κ2) is 10.9. The predicted molar refractivity (Wildman–Crippen MR) is 143 cm³/mol. The molecule has 9 heteroatoms. The molecule has 0 radical (unpaired) electrons. The zero-order valence-electron chi connectivity index (χ0n) is 21.5. The van der Waals surface area contributed by atoms with Gasteiger partial charge in [-0.25, -0.2) is 9.31 Å². The third kappa shape index (κ3) is 5.18. The molecule has 1 fully saturated rings. The Balaban J connectivity index is 1.36. The van der Waals surface area contributed by atoms with Crippen LogP contribution in [0.15, 0.2) is 72.7 Å². The molecule has 3 heterocycles. The highest BCUT2D eigenvalue weighted by Crippen LogP contribution is 2.32. The van der Waals surface area contributed by atoms with Crippen LogP contribution in [0.3, 0.4) is 0 Å². The summed E-state index contributed by atoms with van der Waals surface area (Å²) in [5, 5.41) is 10.3. The van der Waals surface area contributed by atoms with Crippen LogP contribution in [-0.2, 0) is 9.53 Å². The number of nitrogens with one attached hydrogen (secondary N) is 2. The van der Waals surface area contributed by atoms with Crippen LogP contribution < -0.4 is 10.6 Å². The van der Waals surface area contributed by atoms with E-state index in [0.717, 1.165) is 42.3 Å².